The molecule has 0 bridgehead atoms. The number of hydrazine groups is 1. The molecular formula is C22H27N5O4. The van der Waals surface area contributed by atoms with E-state index in [-0.39, 0.29) is 17.6 Å². The Bertz CT molecular complexity index is 959. The van der Waals surface area contributed by atoms with Crippen molar-refractivity contribution in [3.05, 3.63) is 69.8 Å². The summed E-state index contributed by atoms with van der Waals surface area (Å²) in [5, 5.41) is 15.0. The minimum Gasteiger partial charge on any atom is -0.493 e. The summed E-state index contributed by atoms with van der Waals surface area (Å²) in [5.74, 6) is 1.00. The Morgan fingerprint density at radius 1 is 1.26 bits per heavy atom. The van der Waals surface area contributed by atoms with E-state index in [4.69, 9.17) is 4.74 Å². The summed E-state index contributed by atoms with van der Waals surface area (Å²) in [6, 6.07) is 13.5. The molecule has 1 heterocycles. The summed E-state index contributed by atoms with van der Waals surface area (Å²) in [7, 11) is 0. The zero-order valence-electron chi connectivity index (χ0n) is 17.8. The molecule has 0 saturated carbocycles. The maximum absolute atomic E-state index is 12.5. The van der Waals surface area contributed by atoms with E-state index in [2.05, 4.69) is 35.2 Å². The number of carbonyl (C=O) groups excluding carboxylic acids is 1. The van der Waals surface area contributed by atoms with Gasteiger partial charge in [0.2, 0.25) is 0 Å². The van der Waals surface area contributed by atoms with Gasteiger partial charge in [-0.15, -0.1) is 0 Å². The van der Waals surface area contributed by atoms with Gasteiger partial charge in [0, 0.05) is 23.7 Å². The number of non-ortho nitro benzene ring substituents is 1. The van der Waals surface area contributed by atoms with E-state index in [1.807, 2.05) is 24.3 Å². The first-order valence-corrected chi connectivity index (χ1v) is 10.2. The van der Waals surface area contributed by atoms with Crippen molar-refractivity contribution in [1.29, 1.82) is 0 Å². The Morgan fingerprint density at radius 2 is 2.00 bits per heavy atom. The quantitative estimate of drug-likeness (QED) is 0.340. The summed E-state index contributed by atoms with van der Waals surface area (Å²) in [6.07, 6.45) is 0.559. The largest absolute Gasteiger partial charge is 0.493 e. The van der Waals surface area contributed by atoms with Crippen LogP contribution in [0.5, 0.6) is 5.75 Å². The van der Waals surface area contributed by atoms with Crippen LogP contribution in [0.2, 0.25) is 0 Å². The maximum atomic E-state index is 12.5. The minimum absolute atomic E-state index is 0.0169. The van der Waals surface area contributed by atoms with Crippen LogP contribution in [-0.4, -0.2) is 29.2 Å². The van der Waals surface area contributed by atoms with Gasteiger partial charge in [-0.2, -0.15) is 5.10 Å². The summed E-state index contributed by atoms with van der Waals surface area (Å²) >= 11 is 0. The van der Waals surface area contributed by atoms with Crippen molar-refractivity contribution in [2.75, 3.05) is 6.61 Å². The van der Waals surface area contributed by atoms with Crippen molar-refractivity contribution in [3.63, 3.8) is 0 Å². The average Bonchev–Trinajstić information content (AvgIpc) is 3.26. The average molecular weight is 425 g/mol. The highest BCUT2D eigenvalue weighted by Gasteiger charge is 2.30. The number of nitrogens with one attached hydrogen (secondary N) is 3. The Balaban J connectivity index is 1.55. The first-order chi connectivity index (χ1) is 14.8. The van der Waals surface area contributed by atoms with Gasteiger partial charge >= 0.3 is 0 Å². The molecule has 3 rings (SSSR count). The monoisotopic (exact) mass is 425 g/mol. The van der Waals surface area contributed by atoms with Crippen molar-refractivity contribution in [3.8, 4) is 5.75 Å². The fraction of sp³-hybridized carbons (Fsp3) is 0.364. The molecule has 1 amide bonds. The first kappa shape index (κ1) is 22.4. The number of amides is 1. The number of hydrogen-bond donors (Lipinski definition) is 3. The van der Waals surface area contributed by atoms with Gasteiger partial charge in [-0.25, -0.2) is 16.3 Å². The Morgan fingerprint density at radius 3 is 2.68 bits per heavy atom. The van der Waals surface area contributed by atoms with Crippen LogP contribution in [0, 0.1) is 16.0 Å². The van der Waals surface area contributed by atoms with Crippen molar-refractivity contribution in [1.82, 2.24) is 16.3 Å². The summed E-state index contributed by atoms with van der Waals surface area (Å²) in [4.78, 5) is 22.9. The molecule has 164 valence electrons. The van der Waals surface area contributed by atoms with Gasteiger partial charge in [0.15, 0.2) is 0 Å². The molecule has 1 fully saturated rings. The highest BCUT2D eigenvalue weighted by Crippen LogP contribution is 2.24. The molecule has 31 heavy (non-hydrogen) atoms. The molecule has 9 heteroatoms. The van der Waals surface area contributed by atoms with Crippen LogP contribution in [0.15, 0.2) is 53.6 Å². The van der Waals surface area contributed by atoms with Crippen LogP contribution in [0.1, 0.15) is 44.4 Å². The van der Waals surface area contributed by atoms with Gasteiger partial charge in [0.05, 0.1) is 17.2 Å². The number of hydrogen-bond acceptors (Lipinski definition) is 7. The number of nitro groups is 1. The van der Waals surface area contributed by atoms with Crippen molar-refractivity contribution < 1.29 is 14.5 Å². The van der Waals surface area contributed by atoms with Gasteiger partial charge in [-0.3, -0.25) is 14.9 Å². The van der Waals surface area contributed by atoms with E-state index in [1.54, 1.807) is 19.1 Å². The standard InChI is InChI=1S/C22H27N5O4/c1-14(2)13-31-19-9-7-16(8-10-19)20-12-21(25-24-20)22(28)26-23-15(3)17-5-4-6-18(11-17)27(29)30/h4-11,14,20-21,24-25H,12-13H2,1-3H3,(H,26,28)/b23-15-. The fourth-order valence-electron chi connectivity index (χ4n) is 3.13. The fourth-order valence-corrected chi connectivity index (χ4v) is 3.13. The van der Waals surface area contributed by atoms with Gasteiger partial charge in [-0.05, 0) is 37.0 Å². The van der Waals surface area contributed by atoms with Gasteiger partial charge in [0.1, 0.15) is 11.8 Å². The van der Waals surface area contributed by atoms with Crippen LogP contribution in [0.4, 0.5) is 5.69 Å². The van der Waals surface area contributed by atoms with Crippen LogP contribution in [0.3, 0.4) is 0 Å². The lowest BCUT2D eigenvalue weighted by atomic mass is 10.0. The van der Waals surface area contributed by atoms with Crippen molar-refractivity contribution in [2.24, 2.45) is 11.0 Å². The Kier molecular flexibility index (Phi) is 7.32. The number of ether oxygens (including phenoxy) is 1. The molecule has 9 nitrogen and oxygen atoms in total. The number of benzene rings is 2. The molecule has 2 unspecified atom stereocenters. The third-order valence-corrected chi connectivity index (χ3v) is 4.89. The zero-order valence-corrected chi connectivity index (χ0v) is 17.8. The van der Waals surface area contributed by atoms with Crippen LogP contribution in [-0.2, 0) is 4.79 Å². The topological polar surface area (TPSA) is 118 Å². The predicted molar refractivity (Wildman–Crippen MR) is 118 cm³/mol. The Hall–Kier alpha value is -3.30. The smallest absolute Gasteiger partial charge is 0.270 e. The molecule has 1 aliphatic heterocycles. The van der Waals surface area contributed by atoms with Gasteiger partial charge in [0.25, 0.3) is 11.6 Å². The van der Waals surface area contributed by atoms with Crippen molar-refractivity contribution >= 4 is 17.3 Å². The normalized spacial score (nSPS) is 18.8. The van der Waals surface area contributed by atoms with Crippen LogP contribution >= 0.6 is 0 Å². The SMILES string of the molecule is C/C(=N/NC(=O)C1CC(c2ccc(OCC(C)C)cc2)NN1)c1cccc([N+](=O)[O-])c1. The van der Waals surface area contributed by atoms with Gasteiger partial charge in [-0.1, -0.05) is 38.1 Å². The highest BCUT2D eigenvalue weighted by molar-refractivity contribution is 5.99. The minimum atomic E-state index is -0.466. The molecule has 2 aromatic carbocycles. The third-order valence-electron chi connectivity index (χ3n) is 4.89. The molecular weight excluding hydrogens is 398 g/mol. The maximum Gasteiger partial charge on any atom is 0.270 e. The van der Waals surface area contributed by atoms with Gasteiger partial charge < -0.3 is 4.74 Å². The number of rotatable bonds is 8. The molecule has 3 N–H and O–H groups in total. The second-order valence-corrected chi connectivity index (χ2v) is 7.88. The van der Waals surface area contributed by atoms with E-state index in [0.717, 1.165) is 11.3 Å². The molecule has 0 aromatic heterocycles. The summed E-state index contributed by atoms with van der Waals surface area (Å²) in [5.41, 5.74) is 10.8. The second-order valence-electron chi connectivity index (χ2n) is 7.88. The van der Waals surface area contributed by atoms with E-state index in [0.29, 0.717) is 30.2 Å². The second kappa shape index (κ2) is 10.1. The van der Waals surface area contributed by atoms with E-state index in [1.165, 1.54) is 12.1 Å². The number of nitro benzene ring substituents is 1. The first-order valence-electron chi connectivity index (χ1n) is 10.2. The number of hydrazone groups is 1. The molecule has 2 aromatic rings. The molecule has 2 atom stereocenters. The van der Waals surface area contributed by atoms with Crippen LogP contribution in [0.25, 0.3) is 0 Å². The highest BCUT2D eigenvalue weighted by atomic mass is 16.6. The number of carbonyl (C=O) groups is 1. The van der Waals surface area contributed by atoms with Crippen LogP contribution < -0.4 is 21.0 Å². The molecule has 1 aliphatic rings. The number of nitrogens with zero attached hydrogens (tertiary/aromatic N) is 2. The predicted octanol–water partition coefficient (Wildman–Crippen LogP) is 3.08. The lowest BCUT2D eigenvalue weighted by Gasteiger charge is -2.12. The molecule has 0 aliphatic carbocycles. The summed E-state index contributed by atoms with van der Waals surface area (Å²) in [6.45, 7) is 6.55. The van der Waals surface area contributed by atoms with E-state index < -0.39 is 11.0 Å². The molecule has 0 radical (unpaired) electrons. The summed E-state index contributed by atoms with van der Waals surface area (Å²) < 4.78 is 5.70. The van der Waals surface area contributed by atoms with E-state index >= 15 is 0 Å². The molecule has 0 spiro atoms. The van der Waals surface area contributed by atoms with E-state index in [9.17, 15) is 14.9 Å². The Labute approximate surface area is 181 Å². The lowest BCUT2D eigenvalue weighted by Crippen LogP contribution is -2.41. The zero-order chi connectivity index (χ0) is 22.4. The third kappa shape index (κ3) is 6.09. The molecule has 1 saturated heterocycles. The van der Waals surface area contributed by atoms with Crippen molar-refractivity contribution in [2.45, 2.75) is 39.3 Å². The lowest BCUT2D eigenvalue weighted by molar-refractivity contribution is -0.384.